The zero-order chi connectivity index (χ0) is 20.6. The van der Waals surface area contributed by atoms with Crippen LogP contribution in [0.2, 0.25) is 0 Å². The number of nitrogens with zero attached hydrogens (tertiary/aromatic N) is 1. The molecule has 3 amide bonds. The van der Waals surface area contributed by atoms with Gasteiger partial charge in [0.2, 0.25) is 5.91 Å². The summed E-state index contributed by atoms with van der Waals surface area (Å²) in [5.74, 6) is -0.197. The van der Waals surface area contributed by atoms with E-state index in [0.29, 0.717) is 0 Å². The van der Waals surface area contributed by atoms with E-state index in [1.165, 1.54) is 0 Å². The van der Waals surface area contributed by atoms with Gasteiger partial charge < -0.3 is 16.4 Å². The maximum atomic E-state index is 13.0. The second kappa shape index (κ2) is 9.50. The highest BCUT2D eigenvalue weighted by molar-refractivity contribution is 5.79. The minimum Gasteiger partial charge on any atom is -0.352 e. The van der Waals surface area contributed by atoms with Crippen LogP contribution in [0.5, 0.6) is 0 Å². The van der Waals surface area contributed by atoms with E-state index in [-0.39, 0.29) is 18.4 Å². The lowest BCUT2D eigenvalue weighted by atomic mass is 9.96. The lowest BCUT2D eigenvalue weighted by molar-refractivity contribution is -0.122. The fourth-order valence-corrected chi connectivity index (χ4v) is 3.35. The Morgan fingerprint density at radius 3 is 2.17 bits per heavy atom. The lowest BCUT2D eigenvalue weighted by Gasteiger charge is -2.23. The Hall–Kier alpha value is -3.67. The van der Waals surface area contributed by atoms with Crippen LogP contribution >= 0.6 is 0 Å². The van der Waals surface area contributed by atoms with Gasteiger partial charge in [-0.1, -0.05) is 54.6 Å². The van der Waals surface area contributed by atoms with Crippen LogP contribution in [0.1, 0.15) is 40.8 Å². The summed E-state index contributed by atoms with van der Waals surface area (Å²) in [6.45, 7) is 1.94. The van der Waals surface area contributed by atoms with Crippen LogP contribution in [0.4, 0.5) is 4.79 Å². The first-order chi connectivity index (χ1) is 14.0. The van der Waals surface area contributed by atoms with E-state index in [0.717, 1.165) is 22.3 Å². The third kappa shape index (κ3) is 5.42. The number of nitrogens with two attached hydrogens (primary N) is 1. The van der Waals surface area contributed by atoms with Gasteiger partial charge in [0.25, 0.3) is 0 Å². The molecule has 1 aromatic heterocycles. The average Bonchev–Trinajstić information content (AvgIpc) is 2.73. The molecule has 0 aliphatic rings. The van der Waals surface area contributed by atoms with Crippen molar-refractivity contribution in [3.05, 3.63) is 101 Å². The molecule has 0 aliphatic carbocycles. The van der Waals surface area contributed by atoms with Crippen molar-refractivity contribution in [3.8, 4) is 0 Å². The zero-order valence-corrected chi connectivity index (χ0v) is 16.2. The quantitative estimate of drug-likeness (QED) is 0.579. The molecule has 6 nitrogen and oxygen atoms in total. The Balaban J connectivity index is 1.83. The van der Waals surface area contributed by atoms with Crippen molar-refractivity contribution in [2.75, 3.05) is 0 Å². The number of nitrogens with one attached hydrogen (secondary N) is 2. The molecular weight excluding hydrogens is 364 g/mol. The van der Waals surface area contributed by atoms with Gasteiger partial charge in [-0.2, -0.15) is 0 Å². The summed E-state index contributed by atoms with van der Waals surface area (Å²) in [5.41, 5.74) is 9.08. The topological polar surface area (TPSA) is 97.1 Å². The van der Waals surface area contributed by atoms with Crippen LogP contribution in [-0.2, 0) is 4.79 Å². The standard InChI is InChI=1S/C23H24N4O2/c1-16-7-5-6-10-19(16)20(26-23(24)29)15-21(28)27-22(17-8-3-2-4-9-17)18-11-13-25-14-12-18/h2-14,20,22H,15H2,1H3,(H,27,28)(H3,24,26,29). The van der Waals surface area contributed by atoms with Gasteiger partial charge in [-0.3, -0.25) is 9.78 Å². The van der Waals surface area contributed by atoms with Crippen LogP contribution in [-0.4, -0.2) is 16.9 Å². The Morgan fingerprint density at radius 2 is 1.52 bits per heavy atom. The number of primary amides is 1. The molecule has 2 aromatic carbocycles. The van der Waals surface area contributed by atoms with Gasteiger partial charge in [0.05, 0.1) is 18.5 Å². The molecule has 29 heavy (non-hydrogen) atoms. The van der Waals surface area contributed by atoms with E-state index >= 15 is 0 Å². The predicted octanol–water partition coefficient (Wildman–Crippen LogP) is 3.40. The second-order valence-electron chi connectivity index (χ2n) is 6.81. The normalized spacial score (nSPS) is 12.6. The summed E-state index contributed by atoms with van der Waals surface area (Å²) < 4.78 is 0. The summed E-state index contributed by atoms with van der Waals surface area (Å²) in [7, 11) is 0. The van der Waals surface area contributed by atoms with Crippen LogP contribution in [0.15, 0.2) is 79.1 Å². The molecule has 3 aromatic rings. The molecule has 0 saturated carbocycles. The molecule has 0 fully saturated rings. The van der Waals surface area contributed by atoms with Gasteiger partial charge in [0, 0.05) is 12.4 Å². The number of benzene rings is 2. The number of aromatic nitrogens is 1. The monoisotopic (exact) mass is 388 g/mol. The fraction of sp³-hybridized carbons (Fsp3) is 0.174. The van der Waals surface area contributed by atoms with E-state index in [1.54, 1.807) is 12.4 Å². The number of carbonyl (C=O) groups excluding carboxylic acids is 2. The molecule has 1 heterocycles. The maximum Gasteiger partial charge on any atom is 0.312 e. The van der Waals surface area contributed by atoms with Gasteiger partial charge in [-0.15, -0.1) is 0 Å². The molecule has 0 spiro atoms. The molecule has 0 radical (unpaired) electrons. The van der Waals surface area contributed by atoms with E-state index in [1.807, 2.05) is 73.7 Å². The maximum absolute atomic E-state index is 13.0. The van der Waals surface area contributed by atoms with Crippen molar-refractivity contribution in [1.29, 1.82) is 0 Å². The highest BCUT2D eigenvalue weighted by Gasteiger charge is 2.22. The smallest absolute Gasteiger partial charge is 0.312 e. The first-order valence-electron chi connectivity index (χ1n) is 9.40. The first-order valence-corrected chi connectivity index (χ1v) is 9.40. The van der Waals surface area contributed by atoms with Crippen molar-refractivity contribution in [3.63, 3.8) is 0 Å². The van der Waals surface area contributed by atoms with E-state index in [2.05, 4.69) is 15.6 Å². The lowest BCUT2D eigenvalue weighted by Crippen LogP contribution is -2.38. The summed E-state index contributed by atoms with van der Waals surface area (Å²) in [4.78, 5) is 28.5. The van der Waals surface area contributed by atoms with Crippen molar-refractivity contribution < 1.29 is 9.59 Å². The first kappa shape index (κ1) is 20.1. The fourth-order valence-electron chi connectivity index (χ4n) is 3.35. The Morgan fingerprint density at radius 1 is 0.897 bits per heavy atom. The number of rotatable bonds is 7. The number of pyridine rings is 1. The van der Waals surface area contributed by atoms with Gasteiger partial charge in [0.15, 0.2) is 0 Å². The van der Waals surface area contributed by atoms with Gasteiger partial charge in [-0.25, -0.2) is 4.79 Å². The third-order valence-electron chi connectivity index (χ3n) is 4.75. The van der Waals surface area contributed by atoms with Gasteiger partial charge in [0.1, 0.15) is 0 Å². The number of aryl methyl sites for hydroxylation is 1. The number of hydrogen-bond donors (Lipinski definition) is 3. The van der Waals surface area contributed by atoms with Crippen LogP contribution in [0, 0.1) is 6.92 Å². The Labute approximate surface area is 170 Å². The summed E-state index contributed by atoms with van der Waals surface area (Å²) >= 11 is 0. The molecule has 0 aliphatic heterocycles. The van der Waals surface area contributed by atoms with Crippen LogP contribution in [0.3, 0.4) is 0 Å². The molecule has 0 saturated heterocycles. The Kier molecular flexibility index (Phi) is 6.58. The van der Waals surface area contributed by atoms with E-state index in [4.69, 9.17) is 5.73 Å². The summed E-state index contributed by atoms with van der Waals surface area (Å²) in [5, 5.41) is 5.77. The summed E-state index contributed by atoms with van der Waals surface area (Å²) in [6, 6.07) is 19.6. The molecule has 6 heteroatoms. The summed E-state index contributed by atoms with van der Waals surface area (Å²) in [6.07, 6.45) is 3.46. The van der Waals surface area contributed by atoms with Crippen LogP contribution in [0.25, 0.3) is 0 Å². The molecule has 2 atom stereocenters. The van der Waals surface area contributed by atoms with Crippen molar-refractivity contribution in [1.82, 2.24) is 15.6 Å². The number of carbonyl (C=O) groups is 2. The number of hydrogen-bond acceptors (Lipinski definition) is 3. The molecular formula is C23H24N4O2. The molecule has 4 N–H and O–H groups in total. The zero-order valence-electron chi connectivity index (χ0n) is 16.2. The van der Waals surface area contributed by atoms with Gasteiger partial charge >= 0.3 is 6.03 Å². The largest absolute Gasteiger partial charge is 0.352 e. The number of urea groups is 1. The molecule has 0 bridgehead atoms. The molecule has 3 rings (SSSR count). The second-order valence-corrected chi connectivity index (χ2v) is 6.81. The predicted molar refractivity (Wildman–Crippen MR) is 112 cm³/mol. The van der Waals surface area contributed by atoms with Crippen molar-refractivity contribution in [2.24, 2.45) is 5.73 Å². The highest BCUT2D eigenvalue weighted by Crippen LogP contribution is 2.24. The molecule has 2 unspecified atom stereocenters. The van der Waals surface area contributed by atoms with E-state index < -0.39 is 12.1 Å². The minimum absolute atomic E-state index is 0.0716. The SMILES string of the molecule is Cc1ccccc1C(CC(=O)NC(c1ccccc1)c1ccncc1)NC(N)=O. The Bertz CT molecular complexity index is 921. The number of amides is 3. The highest BCUT2D eigenvalue weighted by atomic mass is 16.2. The minimum atomic E-state index is -0.667. The van der Waals surface area contributed by atoms with Crippen LogP contribution < -0.4 is 16.4 Å². The molecule has 148 valence electrons. The third-order valence-corrected chi connectivity index (χ3v) is 4.75. The average molecular weight is 388 g/mol. The van der Waals surface area contributed by atoms with Crippen molar-refractivity contribution >= 4 is 11.9 Å². The van der Waals surface area contributed by atoms with E-state index in [9.17, 15) is 9.59 Å². The van der Waals surface area contributed by atoms with Gasteiger partial charge in [-0.05, 0) is 41.3 Å². The van der Waals surface area contributed by atoms with Crippen molar-refractivity contribution in [2.45, 2.75) is 25.4 Å².